The van der Waals surface area contributed by atoms with Gasteiger partial charge in [0.05, 0.1) is 6.54 Å². The molecule has 24 heavy (non-hydrogen) atoms. The van der Waals surface area contributed by atoms with Gasteiger partial charge in [-0.05, 0) is 43.7 Å². The van der Waals surface area contributed by atoms with E-state index in [0.29, 0.717) is 17.7 Å². The second-order valence-corrected chi connectivity index (χ2v) is 5.56. The molecule has 0 aliphatic rings. The number of carbonyl (C=O) groups excluding carboxylic acids is 1. The normalized spacial score (nSPS) is 11.5. The molecule has 1 unspecified atom stereocenters. The quantitative estimate of drug-likeness (QED) is 0.850. The van der Waals surface area contributed by atoms with Crippen LogP contribution in [0.25, 0.3) is 0 Å². The lowest BCUT2D eigenvalue weighted by molar-refractivity contribution is -0.118. The van der Waals surface area contributed by atoms with E-state index in [1.54, 1.807) is 18.2 Å². The fourth-order valence-corrected chi connectivity index (χ4v) is 2.23. The average Bonchev–Trinajstić information content (AvgIpc) is 2.53. The van der Waals surface area contributed by atoms with Crippen molar-refractivity contribution in [1.82, 2.24) is 0 Å². The van der Waals surface area contributed by atoms with Gasteiger partial charge in [0, 0.05) is 23.7 Å². The summed E-state index contributed by atoms with van der Waals surface area (Å²) in [5.41, 5.74) is 6.64. The molecule has 0 fully saturated rings. The van der Waals surface area contributed by atoms with Crippen molar-refractivity contribution in [2.75, 3.05) is 4.90 Å². The van der Waals surface area contributed by atoms with Gasteiger partial charge in [-0.3, -0.25) is 4.79 Å². The number of anilines is 1. The molecule has 0 aromatic heterocycles. The van der Waals surface area contributed by atoms with Gasteiger partial charge in [-0.15, -0.1) is 12.4 Å². The van der Waals surface area contributed by atoms with Gasteiger partial charge in [0.2, 0.25) is 5.91 Å². The lowest BCUT2D eigenvalue weighted by atomic mass is 10.1. The molecule has 0 aliphatic carbocycles. The van der Waals surface area contributed by atoms with Crippen LogP contribution in [0.4, 0.5) is 14.5 Å². The largest absolute Gasteiger partial charge is 0.328 e. The van der Waals surface area contributed by atoms with E-state index in [1.807, 2.05) is 6.92 Å². The number of amides is 1. The van der Waals surface area contributed by atoms with Crippen LogP contribution in [0, 0.1) is 11.6 Å². The average molecular weight is 355 g/mol. The lowest BCUT2D eigenvalue weighted by Gasteiger charge is -2.24. The first-order chi connectivity index (χ1) is 11.0. The highest BCUT2D eigenvalue weighted by Gasteiger charge is 2.18. The van der Waals surface area contributed by atoms with Crippen LogP contribution in [0.2, 0.25) is 0 Å². The third-order valence-electron chi connectivity index (χ3n) is 3.54. The number of hydrogen-bond donors (Lipinski definition) is 1. The van der Waals surface area contributed by atoms with Gasteiger partial charge in [-0.2, -0.15) is 0 Å². The Bertz CT molecular complexity index is 662. The molecule has 0 radical (unpaired) electrons. The molecule has 2 aromatic carbocycles. The van der Waals surface area contributed by atoms with Crippen LogP contribution in [0.15, 0.2) is 48.5 Å². The summed E-state index contributed by atoms with van der Waals surface area (Å²) in [7, 11) is 0. The van der Waals surface area contributed by atoms with E-state index in [9.17, 15) is 13.6 Å². The van der Waals surface area contributed by atoms with Gasteiger partial charge in [0.25, 0.3) is 0 Å². The molecule has 2 rings (SSSR count). The first-order valence-electron chi connectivity index (χ1n) is 7.52. The topological polar surface area (TPSA) is 46.3 Å². The highest BCUT2D eigenvalue weighted by molar-refractivity contribution is 5.93. The first kappa shape index (κ1) is 20.1. The summed E-state index contributed by atoms with van der Waals surface area (Å²) in [6.45, 7) is 1.92. The van der Waals surface area contributed by atoms with Crippen LogP contribution in [0.3, 0.4) is 0 Å². The number of nitrogens with zero attached hydrogens (tertiary/aromatic N) is 1. The number of nitrogens with two attached hydrogens (primary N) is 1. The zero-order valence-corrected chi connectivity index (χ0v) is 14.2. The Hall–Kier alpha value is -1.98. The molecule has 6 heteroatoms. The van der Waals surface area contributed by atoms with Gasteiger partial charge in [-0.1, -0.05) is 18.2 Å². The molecule has 0 heterocycles. The monoisotopic (exact) mass is 354 g/mol. The summed E-state index contributed by atoms with van der Waals surface area (Å²) in [4.78, 5) is 14.0. The van der Waals surface area contributed by atoms with E-state index < -0.39 is 0 Å². The molecule has 0 saturated carbocycles. The zero-order valence-electron chi connectivity index (χ0n) is 13.4. The number of halogens is 3. The maximum absolute atomic E-state index is 13.9. The van der Waals surface area contributed by atoms with Gasteiger partial charge < -0.3 is 10.6 Å². The van der Waals surface area contributed by atoms with Crippen molar-refractivity contribution in [3.63, 3.8) is 0 Å². The third kappa shape index (κ3) is 5.58. The maximum Gasteiger partial charge on any atom is 0.227 e. The van der Waals surface area contributed by atoms with Crippen molar-refractivity contribution in [2.45, 2.75) is 32.4 Å². The number of benzene rings is 2. The molecule has 1 atom stereocenters. The molecule has 2 aromatic rings. The van der Waals surface area contributed by atoms with Crippen LogP contribution >= 0.6 is 12.4 Å². The summed E-state index contributed by atoms with van der Waals surface area (Å²) in [5, 5.41) is 0. The van der Waals surface area contributed by atoms with Gasteiger partial charge in [0.15, 0.2) is 0 Å². The molecular formula is C18H21ClF2N2O. The van der Waals surface area contributed by atoms with Crippen molar-refractivity contribution in [1.29, 1.82) is 0 Å². The van der Waals surface area contributed by atoms with E-state index in [4.69, 9.17) is 5.73 Å². The molecule has 3 nitrogen and oxygen atoms in total. The Morgan fingerprint density at radius 3 is 2.33 bits per heavy atom. The highest BCUT2D eigenvalue weighted by atomic mass is 35.5. The minimum Gasteiger partial charge on any atom is -0.328 e. The molecule has 0 saturated heterocycles. The lowest BCUT2D eigenvalue weighted by Crippen LogP contribution is -2.32. The second kappa shape index (κ2) is 9.35. The second-order valence-electron chi connectivity index (χ2n) is 5.56. The maximum atomic E-state index is 13.9. The fraction of sp³-hybridized carbons (Fsp3) is 0.278. The summed E-state index contributed by atoms with van der Waals surface area (Å²) >= 11 is 0. The first-order valence-corrected chi connectivity index (χ1v) is 7.52. The van der Waals surface area contributed by atoms with Crippen LogP contribution < -0.4 is 10.6 Å². The van der Waals surface area contributed by atoms with Crippen LogP contribution in [0.5, 0.6) is 0 Å². The molecule has 1 amide bonds. The Morgan fingerprint density at radius 1 is 1.12 bits per heavy atom. The summed E-state index contributed by atoms with van der Waals surface area (Å²) in [6.07, 6.45) is 0.789. The highest BCUT2D eigenvalue weighted by Crippen LogP contribution is 2.21. The summed E-state index contributed by atoms with van der Waals surface area (Å²) in [6, 6.07) is 11.8. The molecule has 0 spiro atoms. The summed E-state index contributed by atoms with van der Waals surface area (Å²) in [5.74, 6) is -0.931. The van der Waals surface area contributed by atoms with E-state index in [2.05, 4.69) is 0 Å². The third-order valence-corrected chi connectivity index (χ3v) is 3.54. The number of hydrogen-bond acceptors (Lipinski definition) is 2. The minimum atomic E-state index is -0.386. The van der Waals surface area contributed by atoms with Crippen molar-refractivity contribution in [3.05, 3.63) is 65.7 Å². The Morgan fingerprint density at radius 2 is 1.75 bits per heavy atom. The summed E-state index contributed by atoms with van der Waals surface area (Å²) < 4.78 is 27.0. The Balaban J connectivity index is 0.00000288. The van der Waals surface area contributed by atoms with Gasteiger partial charge in [-0.25, -0.2) is 8.78 Å². The number of carbonyl (C=O) groups is 1. The molecular weight excluding hydrogens is 334 g/mol. The van der Waals surface area contributed by atoms with Crippen molar-refractivity contribution in [2.24, 2.45) is 5.73 Å². The molecule has 0 bridgehead atoms. The fourth-order valence-electron chi connectivity index (χ4n) is 2.23. The van der Waals surface area contributed by atoms with Crippen LogP contribution in [0.1, 0.15) is 25.3 Å². The molecule has 0 aliphatic heterocycles. The minimum absolute atomic E-state index is 0. The van der Waals surface area contributed by atoms with E-state index in [0.717, 1.165) is 0 Å². The van der Waals surface area contributed by atoms with Crippen molar-refractivity contribution < 1.29 is 13.6 Å². The molecule has 2 N–H and O–H groups in total. The van der Waals surface area contributed by atoms with E-state index >= 15 is 0 Å². The van der Waals surface area contributed by atoms with Gasteiger partial charge >= 0.3 is 0 Å². The van der Waals surface area contributed by atoms with Gasteiger partial charge in [0.1, 0.15) is 11.6 Å². The smallest absolute Gasteiger partial charge is 0.227 e. The van der Waals surface area contributed by atoms with E-state index in [1.165, 1.54) is 35.2 Å². The predicted molar refractivity (Wildman–Crippen MR) is 94.1 cm³/mol. The SMILES string of the molecule is CC(N)CCC(=O)N(Cc1ccccc1F)c1ccc(F)cc1.Cl. The predicted octanol–water partition coefficient (Wildman–Crippen LogP) is 4.05. The molecule has 130 valence electrons. The van der Waals surface area contributed by atoms with Crippen LogP contribution in [-0.4, -0.2) is 11.9 Å². The Kier molecular flexibility index (Phi) is 7.82. The standard InChI is InChI=1S/C18H20F2N2O.ClH/c1-13(21)6-11-18(23)22(16-9-7-15(19)8-10-16)12-14-4-2-3-5-17(14)20;/h2-5,7-10,13H,6,11-12,21H2,1H3;1H. The zero-order chi connectivity index (χ0) is 16.8. The van der Waals surface area contributed by atoms with Crippen molar-refractivity contribution >= 4 is 24.0 Å². The van der Waals surface area contributed by atoms with Crippen molar-refractivity contribution in [3.8, 4) is 0 Å². The van der Waals surface area contributed by atoms with E-state index in [-0.39, 0.29) is 49.0 Å². The Labute approximate surface area is 146 Å². The number of rotatable bonds is 6. The van der Waals surface area contributed by atoms with Crippen LogP contribution in [-0.2, 0) is 11.3 Å².